The molecule has 0 aliphatic heterocycles. The summed E-state index contributed by atoms with van der Waals surface area (Å²) >= 11 is 7.81. The second-order valence-corrected chi connectivity index (χ2v) is 9.72. The summed E-state index contributed by atoms with van der Waals surface area (Å²) in [4.78, 5) is 13.6. The van der Waals surface area contributed by atoms with Crippen molar-refractivity contribution in [2.45, 2.75) is 10.8 Å². The van der Waals surface area contributed by atoms with Gasteiger partial charge in [0.1, 0.15) is 4.21 Å². The van der Waals surface area contributed by atoms with E-state index in [4.69, 9.17) is 12.2 Å². The minimum atomic E-state index is -3.76. The van der Waals surface area contributed by atoms with Crippen LogP contribution in [0.1, 0.15) is 15.2 Å². The number of thiocarbonyl (C=S) groups is 1. The van der Waals surface area contributed by atoms with Gasteiger partial charge in [-0.25, -0.2) is 8.42 Å². The lowest BCUT2D eigenvalue weighted by atomic mass is 10.2. The van der Waals surface area contributed by atoms with Crippen LogP contribution < -0.4 is 20.9 Å². The number of hydrazine groups is 1. The molecule has 0 unspecified atom stereocenters. The summed E-state index contributed by atoms with van der Waals surface area (Å²) in [7, 11) is -3.76. The maximum Gasteiger partial charge on any atom is 0.271 e. The number of rotatable bonds is 6. The van der Waals surface area contributed by atoms with E-state index in [0.717, 1.165) is 16.2 Å². The summed E-state index contributed by atoms with van der Waals surface area (Å²) in [6.45, 7) is 0.538. The molecule has 2 heterocycles. The van der Waals surface area contributed by atoms with E-state index in [1.54, 1.807) is 34.9 Å². The summed E-state index contributed by atoms with van der Waals surface area (Å²) in [6.07, 6.45) is 0. The zero-order valence-corrected chi connectivity index (χ0v) is 17.6. The summed E-state index contributed by atoms with van der Waals surface area (Å²) in [5.41, 5.74) is 5.42. The molecule has 146 valence electrons. The van der Waals surface area contributed by atoms with Crippen LogP contribution in [0.15, 0.2) is 63.5 Å². The molecule has 3 aromatic rings. The molecule has 4 N–H and O–H groups in total. The van der Waals surface area contributed by atoms with Gasteiger partial charge in [0.05, 0.1) is 17.8 Å². The highest BCUT2D eigenvalue weighted by atomic mass is 32.2. The van der Waals surface area contributed by atoms with Crippen LogP contribution in [0.5, 0.6) is 0 Å². The maximum absolute atomic E-state index is 12.5. The lowest BCUT2D eigenvalue weighted by molar-refractivity contribution is 0.0944. The molecule has 28 heavy (non-hydrogen) atoms. The van der Waals surface area contributed by atoms with E-state index < -0.39 is 15.9 Å². The second kappa shape index (κ2) is 9.15. The number of carbonyl (C=O) groups excluding carboxylic acids is 1. The molecular formula is C17H16N4O3S4. The molecule has 11 heteroatoms. The first-order valence-corrected chi connectivity index (χ1v) is 11.6. The van der Waals surface area contributed by atoms with E-state index in [9.17, 15) is 13.2 Å². The lowest BCUT2D eigenvalue weighted by Crippen LogP contribution is -2.46. The molecule has 1 amide bonds. The topological polar surface area (TPSA) is 99.3 Å². The lowest BCUT2D eigenvalue weighted by Gasteiger charge is -2.14. The van der Waals surface area contributed by atoms with Gasteiger partial charge >= 0.3 is 0 Å². The number of thiophene rings is 2. The van der Waals surface area contributed by atoms with E-state index in [1.807, 2.05) is 17.5 Å². The Morgan fingerprint density at radius 3 is 2.43 bits per heavy atom. The van der Waals surface area contributed by atoms with Crippen molar-refractivity contribution < 1.29 is 13.2 Å². The Bertz CT molecular complexity index is 1050. The number of para-hydroxylation sites is 1. The Morgan fingerprint density at radius 2 is 1.71 bits per heavy atom. The molecule has 0 radical (unpaired) electrons. The maximum atomic E-state index is 12.5. The van der Waals surface area contributed by atoms with Crippen molar-refractivity contribution in [3.63, 3.8) is 0 Å². The van der Waals surface area contributed by atoms with Crippen molar-refractivity contribution in [3.8, 4) is 0 Å². The number of hydrogen-bond acceptors (Lipinski definition) is 6. The Morgan fingerprint density at radius 1 is 0.964 bits per heavy atom. The van der Waals surface area contributed by atoms with Crippen LogP contribution in [0.3, 0.4) is 0 Å². The molecule has 0 aliphatic carbocycles. The number of carbonyl (C=O) groups is 1. The summed E-state index contributed by atoms with van der Waals surface area (Å²) in [5.74, 6) is -0.523. The average Bonchev–Trinajstić information content (AvgIpc) is 3.38. The van der Waals surface area contributed by atoms with Crippen LogP contribution in [0.4, 0.5) is 5.69 Å². The van der Waals surface area contributed by atoms with Crippen LogP contribution in [0, 0.1) is 0 Å². The molecule has 0 spiro atoms. The summed E-state index contributed by atoms with van der Waals surface area (Å²) in [5, 5.41) is 6.85. The average molecular weight is 453 g/mol. The Balaban J connectivity index is 1.62. The third kappa shape index (κ3) is 5.29. The highest BCUT2D eigenvalue weighted by Crippen LogP contribution is 2.22. The number of anilines is 1. The smallest absolute Gasteiger partial charge is 0.271 e. The zero-order valence-electron chi connectivity index (χ0n) is 14.3. The molecular weight excluding hydrogens is 436 g/mol. The van der Waals surface area contributed by atoms with Crippen LogP contribution in [-0.4, -0.2) is 19.4 Å². The zero-order chi connectivity index (χ0) is 20.0. The fraction of sp³-hybridized carbons (Fsp3) is 0.0588. The monoisotopic (exact) mass is 452 g/mol. The SMILES string of the molecule is O=C(NNC(=S)NCc1cccs1)c1ccccc1NS(=O)(=O)c1cccs1. The van der Waals surface area contributed by atoms with Crippen molar-refractivity contribution in [1.82, 2.24) is 16.2 Å². The van der Waals surface area contributed by atoms with E-state index >= 15 is 0 Å². The standard InChI is InChI=1S/C17H16N4O3S4/c22-16(19-20-17(25)18-11-12-5-3-9-26-12)13-6-1-2-7-14(13)21-28(23,24)15-8-4-10-27-15/h1-10,21H,11H2,(H,19,22)(H2,18,20,25). The van der Waals surface area contributed by atoms with Gasteiger partial charge in [-0.15, -0.1) is 22.7 Å². The van der Waals surface area contributed by atoms with Gasteiger partial charge in [0.25, 0.3) is 15.9 Å². The molecule has 1 aromatic carbocycles. The van der Waals surface area contributed by atoms with Crippen LogP contribution in [-0.2, 0) is 16.6 Å². The Kier molecular flexibility index (Phi) is 6.62. The van der Waals surface area contributed by atoms with Crippen LogP contribution in [0.2, 0.25) is 0 Å². The van der Waals surface area contributed by atoms with Gasteiger partial charge in [-0.2, -0.15) is 0 Å². The quantitative estimate of drug-likeness (QED) is 0.339. The predicted molar refractivity (Wildman–Crippen MR) is 116 cm³/mol. The fourth-order valence-corrected chi connectivity index (χ4v) is 5.03. The molecule has 0 bridgehead atoms. The number of nitrogens with one attached hydrogen (secondary N) is 4. The van der Waals surface area contributed by atoms with Gasteiger partial charge < -0.3 is 5.32 Å². The fourth-order valence-electron chi connectivity index (χ4n) is 2.19. The second-order valence-electron chi connectivity index (χ2n) is 5.42. The largest absolute Gasteiger partial charge is 0.356 e. The molecule has 0 saturated heterocycles. The van der Waals surface area contributed by atoms with Crippen molar-refractivity contribution >= 4 is 61.6 Å². The van der Waals surface area contributed by atoms with Crippen LogP contribution >= 0.6 is 34.9 Å². The highest BCUT2D eigenvalue weighted by Gasteiger charge is 2.19. The number of benzene rings is 1. The van der Waals surface area contributed by atoms with Gasteiger partial charge in [0.15, 0.2) is 5.11 Å². The minimum Gasteiger partial charge on any atom is -0.356 e. The molecule has 0 fully saturated rings. The van der Waals surface area contributed by atoms with Gasteiger partial charge in [0, 0.05) is 4.88 Å². The van der Waals surface area contributed by atoms with E-state index in [1.165, 1.54) is 18.2 Å². The van der Waals surface area contributed by atoms with Gasteiger partial charge in [0.2, 0.25) is 0 Å². The van der Waals surface area contributed by atoms with Gasteiger partial charge in [-0.05, 0) is 47.2 Å². The third-order valence-electron chi connectivity index (χ3n) is 3.47. The first-order valence-electron chi connectivity index (χ1n) is 7.97. The first-order chi connectivity index (χ1) is 13.5. The molecule has 2 aromatic heterocycles. The summed E-state index contributed by atoms with van der Waals surface area (Å²) in [6, 6.07) is 13.4. The molecule has 0 saturated carbocycles. The van der Waals surface area contributed by atoms with Gasteiger partial charge in [-0.3, -0.25) is 20.4 Å². The predicted octanol–water partition coefficient (Wildman–Crippen LogP) is 2.92. The molecule has 0 aliphatic rings. The van der Waals surface area contributed by atoms with Crippen LogP contribution in [0.25, 0.3) is 0 Å². The van der Waals surface area contributed by atoms with E-state index in [2.05, 4.69) is 20.9 Å². The van der Waals surface area contributed by atoms with Gasteiger partial charge in [-0.1, -0.05) is 24.3 Å². The Labute approximate surface area is 175 Å². The molecule has 3 rings (SSSR count). The normalized spacial score (nSPS) is 10.9. The number of hydrogen-bond donors (Lipinski definition) is 4. The van der Waals surface area contributed by atoms with Crippen molar-refractivity contribution in [2.75, 3.05) is 4.72 Å². The minimum absolute atomic E-state index is 0.163. The third-order valence-corrected chi connectivity index (χ3v) is 7.35. The number of sulfonamides is 1. The van der Waals surface area contributed by atoms with E-state index in [-0.39, 0.29) is 20.6 Å². The summed E-state index contributed by atoms with van der Waals surface area (Å²) < 4.78 is 27.5. The molecule has 7 nitrogen and oxygen atoms in total. The van der Waals surface area contributed by atoms with Crippen molar-refractivity contribution in [2.24, 2.45) is 0 Å². The first kappa shape index (κ1) is 20.3. The van der Waals surface area contributed by atoms with Crippen molar-refractivity contribution in [1.29, 1.82) is 0 Å². The Hall–Kier alpha value is -2.47. The highest BCUT2D eigenvalue weighted by molar-refractivity contribution is 7.94. The van der Waals surface area contributed by atoms with Crippen molar-refractivity contribution in [3.05, 3.63) is 69.7 Å². The molecule has 0 atom stereocenters. The number of amides is 1. The van der Waals surface area contributed by atoms with E-state index in [0.29, 0.717) is 6.54 Å².